The molecule has 1 rings (SSSR count). The Balaban J connectivity index is 3.11. The monoisotopic (exact) mass is 296 g/mol. The van der Waals surface area contributed by atoms with Crippen molar-refractivity contribution in [1.29, 1.82) is 0 Å². The summed E-state index contributed by atoms with van der Waals surface area (Å²) in [7, 11) is 3.21. The summed E-state index contributed by atoms with van der Waals surface area (Å²) in [6, 6.07) is 4.55. The van der Waals surface area contributed by atoms with Crippen molar-refractivity contribution in [2.75, 3.05) is 38.9 Å². The summed E-state index contributed by atoms with van der Waals surface area (Å²) in [6.45, 7) is 3.57. The van der Waals surface area contributed by atoms with E-state index in [1.165, 1.54) is 12.1 Å². The van der Waals surface area contributed by atoms with Gasteiger partial charge >= 0.3 is 0 Å². The molecular weight excluding hydrogens is 276 g/mol. The van der Waals surface area contributed by atoms with Gasteiger partial charge in [0.25, 0.3) is 5.69 Å². The zero-order valence-corrected chi connectivity index (χ0v) is 12.4. The molecule has 0 N–H and O–H groups in total. The SMILES string of the molecule is COCCN(c1ccc([N+](=O)[O-])c(C=O)c1)C(C)COC. The zero-order valence-electron chi connectivity index (χ0n) is 12.4. The molecule has 0 fully saturated rings. The summed E-state index contributed by atoms with van der Waals surface area (Å²) >= 11 is 0. The second-order valence-corrected chi connectivity index (χ2v) is 4.61. The van der Waals surface area contributed by atoms with E-state index in [0.717, 1.165) is 5.69 Å². The van der Waals surface area contributed by atoms with Crippen LogP contribution in [0.25, 0.3) is 0 Å². The minimum atomic E-state index is -0.564. The highest BCUT2D eigenvalue weighted by Gasteiger charge is 2.19. The topological polar surface area (TPSA) is 81.9 Å². The fourth-order valence-corrected chi connectivity index (χ4v) is 2.11. The minimum absolute atomic E-state index is 0.0473. The van der Waals surface area contributed by atoms with Crippen LogP contribution in [0, 0.1) is 10.1 Å². The van der Waals surface area contributed by atoms with Crippen LogP contribution in [0.15, 0.2) is 18.2 Å². The largest absolute Gasteiger partial charge is 0.383 e. The lowest BCUT2D eigenvalue weighted by atomic mass is 10.1. The number of rotatable bonds is 9. The number of hydrogen-bond donors (Lipinski definition) is 0. The Morgan fingerprint density at radius 1 is 1.38 bits per heavy atom. The highest BCUT2D eigenvalue weighted by atomic mass is 16.6. The van der Waals surface area contributed by atoms with Gasteiger partial charge in [-0.25, -0.2) is 0 Å². The Bertz CT molecular complexity index is 492. The van der Waals surface area contributed by atoms with Gasteiger partial charge in [-0.15, -0.1) is 0 Å². The van der Waals surface area contributed by atoms with E-state index < -0.39 is 4.92 Å². The number of aldehydes is 1. The van der Waals surface area contributed by atoms with E-state index in [-0.39, 0.29) is 17.3 Å². The van der Waals surface area contributed by atoms with Crippen LogP contribution in [-0.4, -0.2) is 51.2 Å². The Kier molecular flexibility index (Phi) is 6.77. The first kappa shape index (κ1) is 17.1. The van der Waals surface area contributed by atoms with E-state index in [2.05, 4.69) is 0 Å². The van der Waals surface area contributed by atoms with E-state index in [9.17, 15) is 14.9 Å². The van der Waals surface area contributed by atoms with Crippen LogP contribution < -0.4 is 4.90 Å². The van der Waals surface area contributed by atoms with Gasteiger partial charge in [-0.05, 0) is 19.1 Å². The molecule has 0 radical (unpaired) electrons. The van der Waals surface area contributed by atoms with Gasteiger partial charge in [0.2, 0.25) is 0 Å². The smallest absolute Gasteiger partial charge is 0.280 e. The summed E-state index contributed by atoms with van der Waals surface area (Å²) in [5, 5.41) is 10.9. The Morgan fingerprint density at radius 2 is 2.10 bits per heavy atom. The third kappa shape index (κ3) is 4.51. The number of nitro groups is 1. The summed E-state index contributed by atoms with van der Waals surface area (Å²) in [5.41, 5.74) is 0.591. The number of methoxy groups -OCH3 is 2. The molecule has 0 aliphatic heterocycles. The molecule has 116 valence electrons. The second-order valence-electron chi connectivity index (χ2n) is 4.61. The van der Waals surface area contributed by atoms with Crippen LogP contribution >= 0.6 is 0 Å². The fourth-order valence-electron chi connectivity index (χ4n) is 2.11. The first-order valence-electron chi connectivity index (χ1n) is 6.53. The average Bonchev–Trinajstić information content (AvgIpc) is 2.47. The molecule has 21 heavy (non-hydrogen) atoms. The van der Waals surface area contributed by atoms with Gasteiger partial charge in [0.15, 0.2) is 6.29 Å². The lowest BCUT2D eigenvalue weighted by Gasteiger charge is -2.31. The second kappa shape index (κ2) is 8.33. The molecule has 0 amide bonds. The Labute approximate surface area is 123 Å². The number of nitro benzene ring substituents is 1. The van der Waals surface area contributed by atoms with E-state index in [1.54, 1.807) is 20.3 Å². The number of hydrogen-bond acceptors (Lipinski definition) is 6. The fraction of sp³-hybridized carbons (Fsp3) is 0.500. The van der Waals surface area contributed by atoms with Crippen LogP contribution in [0.4, 0.5) is 11.4 Å². The molecule has 0 aliphatic carbocycles. The third-order valence-electron chi connectivity index (χ3n) is 3.14. The predicted molar refractivity (Wildman–Crippen MR) is 79.0 cm³/mol. The van der Waals surface area contributed by atoms with Crippen molar-refractivity contribution in [2.45, 2.75) is 13.0 Å². The van der Waals surface area contributed by atoms with Gasteiger partial charge < -0.3 is 14.4 Å². The van der Waals surface area contributed by atoms with Crippen molar-refractivity contribution in [2.24, 2.45) is 0 Å². The number of carbonyl (C=O) groups is 1. The van der Waals surface area contributed by atoms with Crippen molar-refractivity contribution in [3.63, 3.8) is 0 Å². The minimum Gasteiger partial charge on any atom is -0.383 e. The summed E-state index contributed by atoms with van der Waals surface area (Å²) in [5.74, 6) is 0. The Morgan fingerprint density at radius 3 is 2.62 bits per heavy atom. The van der Waals surface area contributed by atoms with Crippen LogP contribution in [0.3, 0.4) is 0 Å². The molecule has 7 heteroatoms. The van der Waals surface area contributed by atoms with Gasteiger partial charge in [-0.1, -0.05) is 0 Å². The number of benzene rings is 1. The van der Waals surface area contributed by atoms with Crippen LogP contribution in [0.5, 0.6) is 0 Å². The summed E-state index contributed by atoms with van der Waals surface area (Å²) in [4.78, 5) is 23.3. The number of carbonyl (C=O) groups excluding carboxylic acids is 1. The first-order valence-corrected chi connectivity index (χ1v) is 6.53. The quantitative estimate of drug-likeness (QED) is 0.393. The van der Waals surface area contributed by atoms with Gasteiger partial charge in [0.1, 0.15) is 0 Å². The maximum atomic E-state index is 11.0. The highest BCUT2D eigenvalue weighted by molar-refractivity contribution is 5.83. The molecule has 0 aliphatic rings. The van der Waals surface area contributed by atoms with Crippen LogP contribution in [0.2, 0.25) is 0 Å². The molecule has 1 aromatic rings. The lowest BCUT2D eigenvalue weighted by molar-refractivity contribution is -0.385. The third-order valence-corrected chi connectivity index (χ3v) is 3.14. The summed E-state index contributed by atoms with van der Waals surface area (Å²) in [6.07, 6.45) is 0.497. The van der Waals surface area contributed by atoms with Crippen molar-refractivity contribution >= 4 is 17.7 Å². The normalized spacial score (nSPS) is 12.0. The van der Waals surface area contributed by atoms with Crippen LogP contribution in [0.1, 0.15) is 17.3 Å². The molecular formula is C14H20N2O5. The van der Waals surface area contributed by atoms with Crippen molar-refractivity contribution in [3.8, 4) is 0 Å². The molecule has 0 spiro atoms. The van der Waals surface area contributed by atoms with Gasteiger partial charge in [-0.3, -0.25) is 14.9 Å². The molecule has 0 heterocycles. The predicted octanol–water partition coefficient (Wildman–Crippen LogP) is 1.90. The molecule has 1 atom stereocenters. The highest BCUT2D eigenvalue weighted by Crippen LogP contribution is 2.25. The van der Waals surface area contributed by atoms with Gasteiger partial charge in [0.05, 0.1) is 23.7 Å². The van der Waals surface area contributed by atoms with Gasteiger partial charge in [0, 0.05) is 38.6 Å². The van der Waals surface area contributed by atoms with E-state index in [0.29, 0.717) is 26.0 Å². The lowest BCUT2D eigenvalue weighted by Crippen LogP contribution is -2.38. The molecule has 7 nitrogen and oxygen atoms in total. The van der Waals surface area contributed by atoms with E-state index in [1.807, 2.05) is 11.8 Å². The molecule has 1 unspecified atom stereocenters. The molecule has 0 saturated carbocycles. The first-order chi connectivity index (χ1) is 10.0. The van der Waals surface area contributed by atoms with Crippen molar-refractivity contribution < 1.29 is 19.2 Å². The number of nitrogens with zero attached hydrogens (tertiary/aromatic N) is 2. The summed E-state index contributed by atoms with van der Waals surface area (Å²) < 4.78 is 10.2. The standard InChI is InChI=1S/C14H20N2O5/c1-11(10-21-3)15(6-7-20-2)13-4-5-14(16(18)19)12(8-13)9-17/h4-5,8-9,11H,6-7,10H2,1-3H3. The zero-order chi connectivity index (χ0) is 15.8. The molecule has 0 saturated heterocycles. The van der Waals surface area contributed by atoms with Crippen molar-refractivity contribution in [3.05, 3.63) is 33.9 Å². The van der Waals surface area contributed by atoms with Gasteiger partial charge in [-0.2, -0.15) is 0 Å². The van der Waals surface area contributed by atoms with Crippen LogP contribution in [-0.2, 0) is 9.47 Å². The maximum absolute atomic E-state index is 11.0. The molecule has 0 bridgehead atoms. The van der Waals surface area contributed by atoms with Crippen molar-refractivity contribution in [1.82, 2.24) is 0 Å². The number of anilines is 1. The van der Waals surface area contributed by atoms with E-state index in [4.69, 9.17) is 9.47 Å². The Hall–Kier alpha value is -1.99. The molecule has 0 aromatic heterocycles. The molecule has 1 aromatic carbocycles. The average molecular weight is 296 g/mol. The van der Waals surface area contributed by atoms with E-state index >= 15 is 0 Å². The maximum Gasteiger partial charge on any atom is 0.280 e. The number of ether oxygens (including phenoxy) is 2.